The minimum atomic E-state index is -0.448. The highest BCUT2D eigenvalue weighted by molar-refractivity contribution is 8.00. The van der Waals surface area contributed by atoms with Gasteiger partial charge in [-0.25, -0.2) is 0 Å². The molecule has 8 heteroatoms. The molecule has 1 amide bonds. The second-order valence-electron chi connectivity index (χ2n) is 6.08. The van der Waals surface area contributed by atoms with E-state index in [1.165, 1.54) is 17.3 Å². The second-order valence-corrected chi connectivity index (χ2v) is 8.24. The molecule has 2 aromatic carbocycles. The number of nitrogens with one attached hydrogen (secondary N) is 1. The Morgan fingerprint density at radius 2 is 1.78 bits per heavy atom. The van der Waals surface area contributed by atoms with Gasteiger partial charge in [0.15, 0.2) is 0 Å². The van der Waals surface area contributed by atoms with Gasteiger partial charge in [0.1, 0.15) is 0 Å². The van der Waals surface area contributed by atoms with Crippen LogP contribution in [0.1, 0.15) is 18.1 Å². The predicted molar refractivity (Wildman–Crippen MR) is 110 cm³/mol. The first kappa shape index (κ1) is 19.7. The lowest BCUT2D eigenvalue weighted by molar-refractivity contribution is -0.115. The molecule has 140 valence electrons. The van der Waals surface area contributed by atoms with Gasteiger partial charge in [-0.2, -0.15) is 0 Å². The number of anilines is 1. The average molecular weight is 422 g/mol. The molecule has 3 aromatic rings. The molecule has 1 atom stereocenters. The maximum absolute atomic E-state index is 12.4. The van der Waals surface area contributed by atoms with Crippen molar-refractivity contribution in [2.24, 2.45) is 0 Å². The van der Waals surface area contributed by atoms with E-state index in [1.807, 2.05) is 32.0 Å². The summed E-state index contributed by atoms with van der Waals surface area (Å²) in [5, 5.41) is 11.7. The zero-order valence-corrected chi connectivity index (χ0v) is 17.2. The number of thioether (sulfide) groups is 1. The molecular weight excluding hydrogens is 405 g/mol. The number of aromatic nitrogens is 2. The molecule has 0 spiro atoms. The van der Waals surface area contributed by atoms with Gasteiger partial charge in [-0.15, -0.1) is 10.2 Å². The molecule has 0 bridgehead atoms. The van der Waals surface area contributed by atoms with Crippen LogP contribution in [0.4, 0.5) is 5.69 Å². The summed E-state index contributed by atoms with van der Waals surface area (Å²) in [4.78, 5) is 12.4. The van der Waals surface area contributed by atoms with E-state index in [9.17, 15) is 4.79 Å². The summed E-state index contributed by atoms with van der Waals surface area (Å²) in [6.07, 6.45) is 0. The number of rotatable bonds is 5. The largest absolute Gasteiger partial charge is 0.411 e. The Balaban J connectivity index is 1.67. The van der Waals surface area contributed by atoms with Gasteiger partial charge in [-0.1, -0.05) is 41.0 Å². The average Bonchev–Trinajstić information content (AvgIpc) is 3.04. The summed E-state index contributed by atoms with van der Waals surface area (Å²) in [5.74, 6) is 0.207. The van der Waals surface area contributed by atoms with E-state index in [0.29, 0.717) is 26.8 Å². The molecular formula is C19H17Cl2N3O2S. The van der Waals surface area contributed by atoms with Crippen LogP contribution in [0.5, 0.6) is 0 Å². The standard InChI is InChI=1S/C19H17Cl2N3O2S/c1-10-4-5-13(6-11(10)2)18-23-24-19(26-18)27-12(3)17(25)22-16-8-14(20)7-15(21)9-16/h4-9,12H,1-3H3,(H,22,25). The first-order chi connectivity index (χ1) is 12.8. The highest BCUT2D eigenvalue weighted by atomic mass is 35.5. The predicted octanol–water partition coefficient (Wildman–Crippen LogP) is 5.78. The number of hydrogen-bond donors (Lipinski definition) is 1. The van der Waals surface area contributed by atoms with Crippen molar-refractivity contribution in [3.63, 3.8) is 0 Å². The summed E-state index contributed by atoms with van der Waals surface area (Å²) < 4.78 is 5.69. The third-order valence-electron chi connectivity index (χ3n) is 3.94. The summed E-state index contributed by atoms with van der Waals surface area (Å²) in [7, 11) is 0. The van der Waals surface area contributed by atoms with E-state index in [4.69, 9.17) is 27.6 Å². The molecule has 0 saturated heterocycles. The van der Waals surface area contributed by atoms with E-state index >= 15 is 0 Å². The van der Waals surface area contributed by atoms with Crippen LogP contribution in [-0.4, -0.2) is 21.4 Å². The van der Waals surface area contributed by atoms with Crippen LogP contribution in [0.2, 0.25) is 10.0 Å². The zero-order chi connectivity index (χ0) is 19.6. The third kappa shape index (κ3) is 5.03. The molecule has 1 heterocycles. The molecule has 1 N–H and O–H groups in total. The molecule has 0 saturated carbocycles. The van der Waals surface area contributed by atoms with E-state index < -0.39 is 5.25 Å². The van der Waals surface area contributed by atoms with Gasteiger partial charge < -0.3 is 9.73 Å². The molecule has 5 nitrogen and oxygen atoms in total. The smallest absolute Gasteiger partial charge is 0.277 e. The summed E-state index contributed by atoms with van der Waals surface area (Å²) in [5.41, 5.74) is 3.72. The van der Waals surface area contributed by atoms with Gasteiger partial charge in [-0.05, 0) is 62.2 Å². The highest BCUT2D eigenvalue weighted by Gasteiger charge is 2.19. The normalized spacial score (nSPS) is 12.0. The Morgan fingerprint density at radius 3 is 2.44 bits per heavy atom. The lowest BCUT2D eigenvalue weighted by atomic mass is 10.1. The Labute approximate surface area is 171 Å². The maximum Gasteiger partial charge on any atom is 0.277 e. The Morgan fingerprint density at radius 1 is 1.07 bits per heavy atom. The minimum absolute atomic E-state index is 0.218. The zero-order valence-electron chi connectivity index (χ0n) is 14.9. The molecule has 0 aliphatic carbocycles. The SMILES string of the molecule is Cc1ccc(-c2nnc(SC(C)C(=O)Nc3cc(Cl)cc(Cl)c3)o2)cc1C. The molecule has 27 heavy (non-hydrogen) atoms. The molecule has 0 radical (unpaired) electrons. The van der Waals surface area contributed by atoms with Crippen LogP contribution >= 0.6 is 35.0 Å². The molecule has 0 fully saturated rings. The molecule has 0 aliphatic heterocycles. The van der Waals surface area contributed by atoms with Crippen LogP contribution in [0.15, 0.2) is 46.0 Å². The van der Waals surface area contributed by atoms with Crippen LogP contribution in [0.3, 0.4) is 0 Å². The Bertz CT molecular complexity index is 971. The van der Waals surface area contributed by atoms with Gasteiger partial charge in [0.2, 0.25) is 11.8 Å². The minimum Gasteiger partial charge on any atom is -0.411 e. The number of hydrogen-bond acceptors (Lipinski definition) is 5. The fraction of sp³-hybridized carbons (Fsp3) is 0.211. The number of carbonyl (C=O) groups is 1. The van der Waals surface area contributed by atoms with Gasteiger partial charge in [0.05, 0.1) is 5.25 Å². The second kappa shape index (κ2) is 8.33. The van der Waals surface area contributed by atoms with Crippen LogP contribution < -0.4 is 5.32 Å². The van der Waals surface area contributed by atoms with Crippen molar-refractivity contribution in [3.8, 4) is 11.5 Å². The summed E-state index contributed by atoms with van der Waals surface area (Å²) in [6.45, 7) is 5.83. The van der Waals surface area contributed by atoms with Crippen molar-refractivity contribution >= 4 is 46.6 Å². The van der Waals surface area contributed by atoms with Crippen molar-refractivity contribution in [2.45, 2.75) is 31.2 Å². The van der Waals surface area contributed by atoms with Gasteiger partial charge in [0.25, 0.3) is 5.22 Å². The van der Waals surface area contributed by atoms with Gasteiger partial charge in [0, 0.05) is 21.3 Å². The monoisotopic (exact) mass is 421 g/mol. The van der Waals surface area contributed by atoms with E-state index in [-0.39, 0.29) is 5.91 Å². The first-order valence-electron chi connectivity index (χ1n) is 8.16. The number of nitrogens with zero attached hydrogens (tertiary/aromatic N) is 2. The van der Waals surface area contributed by atoms with Crippen LogP contribution in [0.25, 0.3) is 11.5 Å². The summed E-state index contributed by atoms with van der Waals surface area (Å²) in [6, 6.07) is 10.8. The molecule has 1 aromatic heterocycles. The third-order valence-corrected chi connectivity index (χ3v) is 5.31. The lowest BCUT2D eigenvalue weighted by Gasteiger charge is -2.10. The van der Waals surface area contributed by atoms with Crippen LogP contribution in [-0.2, 0) is 4.79 Å². The van der Waals surface area contributed by atoms with E-state index in [2.05, 4.69) is 15.5 Å². The van der Waals surface area contributed by atoms with Crippen molar-refractivity contribution in [1.29, 1.82) is 0 Å². The first-order valence-corrected chi connectivity index (χ1v) is 9.80. The van der Waals surface area contributed by atoms with Gasteiger partial charge >= 0.3 is 0 Å². The van der Waals surface area contributed by atoms with Crippen LogP contribution in [0, 0.1) is 13.8 Å². The maximum atomic E-state index is 12.4. The fourth-order valence-electron chi connectivity index (χ4n) is 2.32. The van der Waals surface area contributed by atoms with Gasteiger partial charge in [-0.3, -0.25) is 4.79 Å². The summed E-state index contributed by atoms with van der Waals surface area (Å²) >= 11 is 13.1. The number of carbonyl (C=O) groups excluding carboxylic acids is 1. The molecule has 3 rings (SSSR count). The number of aryl methyl sites for hydroxylation is 2. The number of benzene rings is 2. The highest BCUT2D eigenvalue weighted by Crippen LogP contribution is 2.28. The lowest BCUT2D eigenvalue weighted by Crippen LogP contribution is -2.22. The van der Waals surface area contributed by atoms with Crippen molar-refractivity contribution in [2.75, 3.05) is 5.32 Å². The Hall–Kier alpha value is -2.02. The van der Waals surface area contributed by atoms with E-state index in [1.54, 1.807) is 25.1 Å². The fourth-order valence-corrected chi connectivity index (χ4v) is 3.53. The van der Waals surface area contributed by atoms with Crippen molar-refractivity contribution in [3.05, 3.63) is 57.6 Å². The van der Waals surface area contributed by atoms with E-state index in [0.717, 1.165) is 11.1 Å². The quantitative estimate of drug-likeness (QED) is 0.528. The molecule has 1 unspecified atom stereocenters. The Kier molecular flexibility index (Phi) is 6.09. The molecule has 0 aliphatic rings. The van der Waals surface area contributed by atoms with Crippen molar-refractivity contribution in [1.82, 2.24) is 10.2 Å². The van der Waals surface area contributed by atoms with Crippen molar-refractivity contribution < 1.29 is 9.21 Å². The number of amides is 1. The topological polar surface area (TPSA) is 68.0 Å². The number of halogens is 2.